The van der Waals surface area contributed by atoms with Gasteiger partial charge in [0, 0.05) is 25.0 Å². The van der Waals surface area contributed by atoms with Gasteiger partial charge < -0.3 is 19.4 Å². The molecular formula is C25H32N4O2. The second kappa shape index (κ2) is 9.96. The summed E-state index contributed by atoms with van der Waals surface area (Å²) in [7, 11) is 4.22. The molecule has 0 saturated heterocycles. The van der Waals surface area contributed by atoms with Crippen LogP contribution >= 0.6 is 0 Å². The number of likely N-dealkylation sites (N-methyl/N-ethyl adjacent to an activating group) is 1. The number of para-hydroxylation sites is 1. The number of carbonyl (C=O) groups excluding carboxylic acids is 1. The molecule has 3 aromatic rings. The Bertz CT molecular complexity index is 974. The fourth-order valence-electron chi connectivity index (χ4n) is 4.57. The van der Waals surface area contributed by atoms with E-state index in [2.05, 4.69) is 29.3 Å². The molecule has 0 spiro atoms. The maximum atomic E-state index is 13.0. The quantitative estimate of drug-likeness (QED) is 0.595. The van der Waals surface area contributed by atoms with Gasteiger partial charge >= 0.3 is 0 Å². The van der Waals surface area contributed by atoms with Gasteiger partial charge in [-0.15, -0.1) is 0 Å². The number of carbonyl (C=O) groups is 1. The lowest BCUT2D eigenvalue weighted by Gasteiger charge is -2.35. The number of nitrogens with one attached hydrogen (secondary N) is 1. The zero-order chi connectivity index (χ0) is 21.6. The first kappa shape index (κ1) is 21.4. The van der Waals surface area contributed by atoms with Crippen molar-refractivity contribution < 1.29 is 9.53 Å². The minimum atomic E-state index is -0.0896. The van der Waals surface area contributed by atoms with Crippen LogP contribution in [0.25, 0.3) is 5.65 Å². The number of hydrogen-bond donors (Lipinski definition) is 1. The van der Waals surface area contributed by atoms with Crippen molar-refractivity contribution in [3.63, 3.8) is 0 Å². The molecule has 2 heterocycles. The van der Waals surface area contributed by atoms with Gasteiger partial charge in [-0.2, -0.15) is 0 Å². The van der Waals surface area contributed by atoms with Gasteiger partial charge in [0.15, 0.2) is 0 Å². The Balaban J connectivity index is 1.40. The third-order valence-corrected chi connectivity index (χ3v) is 6.25. The van der Waals surface area contributed by atoms with Gasteiger partial charge in [-0.1, -0.05) is 37.5 Å². The summed E-state index contributed by atoms with van der Waals surface area (Å²) in [5.41, 5.74) is 2.27. The Morgan fingerprint density at radius 1 is 1.16 bits per heavy atom. The third-order valence-electron chi connectivity index (χ3n) is 6.25. The molecule has 6 nitrogen and oxygen atoms in total. The average molecular weight is 421 g/mol. The molecule has 1 aliphatic carbocycles. The van der Waals surface area contributed by atoms with Gasteiger partial charge in [-0.05, 0) is 57.1 Å². The summed E-state index contributed by atoms with van der Waals surface area (Å²) in [6.45, 7) is 0.964. The van der Waals surface area contributed by atoms with Crippen LogP contribution in [0.5, 0.6) is 5.75 Å². The number of pyridine rings is 1. The van der Waals surface area contributed by atoms with Crippen LogP contribution in [-0.4, -0.2) is 46.9 Å². The van der Waals surface area contributed by atoms with Gasteiger partial charge in [0.05, 0.1) is 11.3 Å². The van der Waals surface area contributed by atoms with E-state index in [0.29, 0.717) is 36.4 Å². The van der Waals surface area contributed by atoms with Crippen LogP contribution < -0.4 is 10.1 Å². The number of imidazole rings is 1. The van der Waals surface area contributed by atoms with Gasteiger partial charge in [0.25, 0.3) is 5.91 Å². The van der Waals surface area contributed by atoms with Crippen LogP contribution in [0, 0.1) is 5.92 Å². The summed E-state index contributed by atoms with van der Waals surface area (Å²) in [6.07, 6.45) is 10.3. The Kier molecular flexibility index (Phi) is 6.87. The number of hydrogen-bond acceptors (Lipinski definition) is 4. The van der Waals surface area contributed by atoms with Crippen molar-refractivity contribution in [2.45, 2.75) is 44.8 Å². The van der Waals surface area contributed by atoms with Crippen LogP contribution in [-0.2, 0) is 6.61 Å². The smallest absolute Gasteiger partial charge is 0.255 e. The van der Waals surface area contributed by atoms with Crippen LogP contribution in [0.1, 0.15) is 48.2 Å². The van der Waals surface area contributed by atoms with E-state index < -0.39 is 0 Å². The summed E-state index contributed by atoms with van der Waals surface area (Å²) in [5.74, 6) is 1.13. The molecule has 2 aromatic heterocycles. The van der Waals surface area contributed by atoms with Crippen molar-refractivity contribution in [2.24, 2.45) is 5.92 Å². The molecule has 0 bridgehead atoms. The molecule has 1 atom stereocenters. The van der Waals surface area contributed by atoms with E-state index in [-0.39, 0.29) is 5.91 Å². The largest absolute Gasteiger partial charge is 0.486 e. The van der Waals surface area contributed by atoms with Crippen molar-refractivity contribution in [2.75, 3.05) is 20.6 Å². The zero-order valence-corrected chi connectivity index (χ0v) is 18.5. The van der Waals surface area contributed by atoms with Crippen molar-refractivity contribution in [3.05, 3.63) is 66.1 Å². The van der Waals surface area contributed by atoms with E-state index in [0.717, 1.165) is 11.3 Å². The van der Waals surface area contributed by atoms with E-state index in [1.54, 1.807) is 0 Å². The summed E-state index contributed by atoms with van der Waals surface area (Å²) in [4.78, 5) is 19.8. The Morgan fingerprint density at radius 2 is 1.94 bits per heavy atom. The fourth-order valence-corrected chi connectivity index (χ4v) is 4.57. The first-order valence-corrected chi connectivity index (χ1v) is 11.2. The minimum Gasteiger partial charge on any atom is -0.486 e. The van der Waals surface area contributed by atoms with E-state index in [1.165, 1.54) is 32.1 Å². The number of aromatic nitrogens is 2. The highest BCUT2D eigenvalue weighted by molar-refractivity contribution is 5.96. The Hall–Kier alpha value is -2.86. The number of nitrogens with zero attached hydrogens (tertiary/aromatic N) is 3. The standard InChI is InChI=1S/C25H32N4O2/c1-28(2)22(19-10-4-3-5-11-19)16-26-25(30)21-12-6-7-13-23(21)31-18-20-17-29-15-9-8-14-24(29)27-20/h6-9,12-15,17,19,22H,3-5,10-11,16,18H2,1-2H3,(H,26,30)/t22-/m0/s1. The number of benzene rings is 1. The molecule has 1 aromatic carbocycles. The lowest BCUT2D eigenvalue weighted by atomic mass is 9.83. The van der Waals surface area contributed by atoms with E-state index in [9.17, 15) is 4.79 Å². The SMILES string of the molecule is CN(C)[C@@H](CNC(=O)c1ccccc1OCc1cn2ccccc2n1)C1CCCCC1. The Labute approximate surface area is 184 Å². The molecule has 1 aliphatic rings. The number of rotatable bonds is 8. The Morgan fingerprint density at radius 3 is 2.71 bits per heavy atom. The predicted molar refractivity (Wildman–Crippen MR) is 122 cm³/mol. The maximum Gasteiger partial charge on any atom is 0.255 e. The van der Waals surface area contributed by atoms with Crippen LogP contribution in [0.4, 0.5) is 0 Å². The highest BCUT2D eigenvalue weighted by Gasteiger charge is 2.26. The average Bonchev–Trinajstić information content (AvgIpc) is 3.21. The van der Waals surface area contributed by atoms with E-state index in [1.807, 2.05) is 59.3 Å². The molecule has 0 radical (unpaired) electrons. The zero-order valence-electron chi connectivity index (χ0n) is 18.5. The molecule has 4 rings (SSSR count). The van der Waals surface area contributed by atoms with Crippen molar-refractivity contribution in [3.8, 4) is 5.75 Å². The van der Waals surface area contributed by atoms with Crippen LogP contribution in [0.15, 0.2) is 54.9 Å². The van der Waals surface area contributed by atoms with Crippen molar-refractivity contribution in [1.29, 1.82) is 0 Å². The molecule has 0 unspecified atom stereocenters. The predicted octanol–water partition coefficient (Wildman–Crippen LogP) is 4.15. The summed E-state index contributed by atoms with van der Waals surface area (Å²) in [6, 6.07) is 13.7. The first-order valence-electron chi connectivity index (χ1n) is 11.2. The molecule has 0 aliphatic heterocycles. The van der Waals surface area contributed by atoms with Crippen LogP contribution in [0.3, 0.4) is 0 Å². The van der Waals surface area contributed by atoms with Gasteiger partial charge in [0.1, 0.15) is 18.0 Å². The highest BCUT2D eigenvalue weighted by Crippen LogP contribution is 2.28. The molecule has 31 heavy (non-hydrogen) atoms. The van der Waals surface area contributed by atoms with Gasteiger partial charge in [0.2, 0.25) is 0 Å². The second-order valence-electron chi connectivity index (χ2n) is 8.62. The minimum absolute atomic E-state index is 0.0896. The topological polar surface area (TPSA) is 58.9 Å². The molecular weight excluding hydrogens is 388 g/mol. The summed E-state index contributed by atoms with van der Waals surface area (Å²) >= 11 is 0. The van der Waals surface area contributed by atoms with E-state index in [4.69, 9.17) is 4.74 Å². The van der Waals surface area contributed by atoms with Crippen molar-refractivity contribution in [1.82, 2.24) is 19.6 Å². The van der Waals surface area contributed by atoms with Gasteiger partial charge in [-0.25, -0.2) is 4.98 Å². The lowest BCUT2D eigenvalue weighted by Crippen LogP contribution is -2.45. The van der Waals surface area contributed by atoms with E-state index >= 15 is 0 Å². The van der Waals surface area contributed by atoms with Gasteiger partial charge in [-0.3, -0.25) is 4.79 Å². The molecule has 1 fully saturated rings. The maximum absolute atomic E-state index is 13.0. The second-order valence-corrected chi connectivity index (χ2v) is 8.62. The number of ether oxygens (including phenoxy) is 1. The number of amides is 1. The first-order chi connectivity index (χ1) is 15.1. The molecule has 1 amide bonds. The normalized spacial score (nSPS) is 15.8. The summed E-state index contributed by atoms with van der Waals surface area (Å²) in [5, 5.41) is 3.16. The molecule has 164 valence electrons. The molecule has 6 heteroatoms. The fraction of sp³-hybridized carbons (Fsp3) is 0.440. The third kappa shape index (κ3) is 5.25. The molecule has 1 N–H and O–H groups in total. The number of fused-ring (bicyclic) bond motifs is 1. The highest BCUT2D eigenvalue weighted by atomic mass is 16.5. The lowest BCUT2D eigenvalue weighted by molar-refractivity contribution is 0.0917. The molecule has 1 saturated carbocycles. The monoisotopic (exact) mass is 420 g/mol. The summed E-state index contributed by atoms with van der Waals surface area (Å²) < 4.78 is 7.96. The van der Waals surface area contributed by atoms with Crippen molar-refractivity contribution >= 4 is 11.6 Å². The van der Waals surface area contributed by atoms with Crippen LogP contribution in [0.2, 0.25) is 0 Å².